The van der Waals surface area contributed by atoms with E-state index >= 15 is 0 Å². The summed E-state index contributed by atoms with van der Waals surface area (Å²) in [6.45, 7) is 11.1. The van der Waals surface area contributed by atoms with Crippen LogP contribution < -0.4 is 21.3 Å². The maximum absolute atomic E-state index is 5.46. The minimum atomic E-state index is -0.00652. The van der Waals surface area contributed by atoms with Gasteiger partial charge in [-0.05, 0) is 25.7 Å². The number of hydrazine groups is 1. The zero-order chi connectivity index (χ0) is 14.5. The van der Waals surface area contributed by atoms with Crippen LogP contribution in [0.5, 0.6) is 6.01 Å². The quantitative estimate of drug-likeness (QED) is 0.512. The summed E-state index contributed by atoms with van der Waals surface area (Å²) in [5, 5.41) is 3.19. The lowest BCUT2D eigenvalue weighted by Crippen LogP contribution is -2.24. The van der Waals surface area contributed by atoms with Gasteiger partial charge in [0, 0.05) is 6.54 Å². The Labute approximate surface area is 114 Å². The molecule has 19 heavy (non-hydrogen) atoms. The molecule has 1 heterocycles. The first kappa shape index (κ1) is 15.4. The highest BCUT2D eigenvalue weighted by Crippen LogP contribution is 2.20. The number of anilines is 2. The van der Waals surface area contributed by atoms with Gasteiger partial charge in [-0.3, -0.25) is 5.43 Å². The van der Waals surface area contributed by atoms with Crippen LogP contribution in [0.4, 0.5) is 11.9 Å². The highest BCUT2D eigenvalue weighted by atomic mass is 16.5. The second kappa shape index (κ2) is 6.51. The zero-order valence-corrected chi connectivity index (χ0v) is 12.3. The summed E-state index contributed by atoms with van der Waals surface area (Å²) in [7, 11) is 0. The smallest absolute Gasteiger partial charge is 0.323 e. The van der Waals surface area contributed by atoms with Crippen LogP contribution in [0.1, 0.15) is 41.0 Å². The fourth-order valence-corrected chi connectivity index (χ4v) is 1.21. The number of aromatic nitrogens is 3. The van der Waals surface area contributed by atoms with Gasteiger partial charge < -0.3 is 10.1 Å². The molecular weight excluding hydrogens is 244 g/mol. The first-order valence-electron chi connectivity index (χ1n) is 6.49. The molecule has 0 aliphatic carbocycles. The molecule has 4 N–H and O–H groups in total. The van der Waals surface area contributed by atoms with Gasteiger partial charge in [-0.2, -0.15) is 15.0 Å². The maximum Gasteiger partial charge on any atom is 0.323 e. The van der Waals surface area contributed by atoms with Crippen LogP contribution >= 0.6 is 0 Å². The Balaban J connectivity index is 2.82. The van der Waals surface area contributed by atoms with Crippen molar-refractivity contribution in [2.75, 3.05) is 17.3 Å². The van der Waals surface area contributed by atoms with Crippen molar-refractivity contribution in [2.45, 2.75) is 47.1 Å². The number of nitrogens with one attached hydrogen (secondary N) is 2. The van der Waals surface area contributed by atoms with Gasteiger partial charge in [0.2, 0.25) is 11.9 Å². The molecule has 1 rings (SSSR count). The maximum atomic E-state index is 5.46. The van der Waals surface area contributed by atoms with Gasteiger partial charge in [0.05, 0.1) is 6.10 Å². The number of nitrogens with zero attached hydrogens (tertiary/aromatic N) is 3. The van der Waals surface area contributed by atoms with Crippen LogP contribution in [0.15, 0.2) is 0 Å². The van der Waals surface area contributed by atoms with Gasteiger partial charge in [0.15, 0.2) is 0 Å². The predicted octanol–water partition coefficient (Wildman–Crippen LogP) is 1.79. The first-order chi connectivity index (χ1) is 8.86. The molecule has 0 aliphatic heterocycles. The minimum absolute atomic E-state index is 0.00652. The summed E-state index contributed by atoms with van der Waals surface area (Å²) in [4.78, 5) is 12.4. The average Bonchev–Trinajstić information content (AvgIpc) is 2.35. The molecule has 0 aliphatic rings. The van der Waals surface area contributed by atoms with Crippen molar-refractivity contribution in [3.05, 3.63) is 0 Å². The Morgan fingerprint density at radius 1 is 1.21 bits per heavy atom. The van der Waals surface area contributed by atoms with E-state index in [4.69, 9.17) is 10.6 Å². The molecule has 1 aromatic heterocycles. The molecule has 7 nitrogen and oxygen atoms in total. The molecule has 0 amide bonds. The SMILES string of the molecule is CCC(C)(C)CNc1nc(NN)nc(OC(C)C)n1. The van der Waals surface area contributed by atoms with Crippen molar-refractivity contribution < 1.29 is 4.74 Å². The Morgan fingerprint density at radius 2 is 1.84 bits per heavy atom. The van der Waals surface area contributed by atoms with Crippen LogP contribution in [-0.4, -0.2) is 27.6 Å². The molecule has 1 aromatic rings. The van der Waals surface area contributed by atoms with Crippen LogP contribution in [0.3, 0.4) is 0 Å². The van der Waals surface area contributed by atoms with Crippen molar-refractivity contribution in [1.29, 1.82) is 0 Å². The Kier molecular flexibility index (Phi) is 5.29. The van der Waals surface area contributed by atoms with E-state index in [0.717, 1.165) is 13.0 Å². The topological polar surface area (TPSA) is 98.0 Å². The van der Waals surface area contributed by atoms with Gasteiger partial charge in [0.25, 0.3) is 0 Å². The van der Waals surface area contributed by atoms with Crippen molar-refractivity contribution >= 4 is 11.9 Å². The molecular formula is C12H24N6O. The van der Waals surface area contributed by atoms with Crippen LogP contribution in [0, 0.1) is 5.41 Å². The second-order valence-corrected chi connectivity index (χ2v) is 5.45. The van der Waals surface area contributed by atoms with Crippen LogP contribution in [-0.2, 0) is 0 Å². The fraction of sp³-hybridized carbons (Fsp3) is 0.750. The lowest BCUT2D eigenvalue weighted by atomic mass is 9.90. The molecule has 0 radical (unpaired) electrons. The van der Waals surface area contributed by atoms with Crippen molar-refractivity contribution in [1.82, 2.24) is 15.0 Å². The summed E-state index contributed by atoms with van der Waals surface area (Å²) in [5.74, 6) is 6.08. The number of ether oxygens (including phenoxy) is 1. The molecule has 0 aromatic carbocycles. The lowest BCUT2D eigenvalue weighted by molar-refractivity contribution is 0.222. The minimum Gasteiger partial charge on any atom is -0.461 e. The first-order valence-corrected chi connectivity index (χ1v) is 6.49. The lowest BCUT2D eigenvalue weighted by Gasteiger charge is -2.22. The van der Waals surface area contributed by atoms with Crippen LogP contribution in [0.25, 0.3) is 0 Å². The standard InChI is InChI=1S/C12H24N6O/c1-6-12(4,5)7-14-9-15-10(18-13)17-11(16-9)19-8(2)3/h8H,6-7,13H2,1-5H3,(H2,14,15,16,17,18). The summed E-state index contributed by atoms with van der Waals surface area (Å²) in [5.41, 5.74) is 2.58. The van der Waals surface area contributed by atoms with E-state index in [1.165, 1.54) is 0 Å². The number of hydrogen-bond donors (Lipinski definition) is 3. The highest BCUT2D eigenvalue weighted by Gasteiger charge is 2.16. The number of rotatable bonds is 7. The van der Waals surface area contributed by atoms with E-state index in [1.54, 1.807) is 0 Å². The van der Waals surface area contributed by atoms with E-state index in [9.17, 15) is 0 Å². The van der Waals surface area contributed by atoms with E-state index in [0.29, 0.717) is 5.95 Å². The Morgan fingerprint density at radius 3 is 2.37 bits per heavy atom. The third kappa shape index (κ3) is 5.25. The highest BCUT2D eigenvalue weighted by molar-refractivity contribution is 5.35. The van der Waals surface area contributed by atoms with Crippen molar-refractivity contribution in [3.63, 3.8) is 0 Å². The Bertz CT molecular complexity index is 407. The van der Waals surface area contributed by atoms with Gasteiger partial charge >= 0.3 is 6.01 Å². The van der Waals surface area contributed by atoms with Gasteiger partial charge in [0.1, 0.15) is 0 Å². The molecule has 0 unspecified atom stereocenters. The van der Waals surface area contributed by atoms with Crippen molar-refractivity contribution in [2.24, 2.45) is 11.3 Å². The molecule has 0 fully saturated rings. The summed E-state index contributed by atoms with van der Waals surface area (Å²) >= 11 is 0. The predicted molar refractivity (Wildman–Crippen MR) is 76.0 cm³/mol. The van der Waals surface area contributed by atoms with Gasteiger partial charge in [-0.1, -0.05) is 20.8 Å². The third-order valence-electron chi connectivity index (χ3n) is 2.77. The number of hydrogen-bond acceptors (Lipinski definition) is 7. The number of nitrogen functional groups attached to an aromatic ring is 1. The van der Waals surface area contributed by atoms with Crippen molar-refractivity contribution in [3.8, 4) is 6.01 Å². The van der Waals surface area contributed by atoms with E-state index in [2.05, 4.69) is 46.5 Å². The fourth-order valence-electron chi connectivity index (χ4n) is 1.21. The summed E-state index contributed by atoms with van der Waals surface area (Å²) in [6, 6.07) is 0.259. The zero-order valence-electron chi connectivity index (χ0n) is 12.3. The summed E-state index contributed by atoms with van der Waals surface area (Å²) in [6.07, 6.45) is 1.05. The molecule has 0 bridgehead atoms. The largest absolute Gasteiger partial charge is 0.461 e. The molecule has 0 atom stereocenters. The molecule has 0 spiro atoms. The van der Waals surface area contributed by atoms with Gasteiger partial charge in [-0.15, -0.1) is 0 Å². The second-order valence-electron chi connectivity index (χ2n) is 5.45. The Hall–Kier alpha value is -1.63. The van der Waals surface area contributed by atoms with Gasteiger partial charge in [-0.25, -0.2) is 5.84 Å². The normalized spacial score (nSPS) is 11.5. The van der Waals surface area contributed by atoms with Crippen LogP contribution in [0.2, 0.25) is 0 Å². The summed E-state index contributed by atoms with van der Waals surface area (Å²) < 4.78 is 5.46. The van der Waals surface area contributed by atoms with E-state index in [1.807, 2.05) is 13.8 Å². The molecule has 108 valence electrons. The van der Waals surface area contributed by atoms with E-state index in [-0.39, 0.29) is 23.5 Å². The average molecular weight is 268 g/mol. The monoisotopic (exact) mass is 268 g/mol. The number of nitrogens with two attached hydrogens (primary N) is 1. The molecule has 0 saturated carbocycles. The van der Waals surface area contributed by atoms with E-state index < -0.39 is 0 Å². The third-order valence-corrected chi connectivity index (χ3v) is 2.77. The molecule has 7 heteroatoms. The molecule has 0 saturated heterocycles.